The van der Waals surface area contributed by atoms with Gasteiger partial charge in [-0.15, -0.1) is 0 Å². The lowest BCUT2D eigenvalue weighted by molar-refractivity contribution is -0.192. The molecular weight excluding hydrogens is 533 g/mol. The monoisotopic (exact) mass is 560 g/mol. The topological polar surface area (TPSA) is 162 Å². The Morgan fingerprint density at radius 2 is 1.57 bits per heavy atom. The van der Waals surface area contributed by atoms with E-state index in [1.165, 1.54) is 17.3 Å². The summed E-state index contributed by atoms with van der Waals surface area (Å²) in [7, 11) is 0. The molecule has 0 aliphatic carbocycles. The molecule has 4 rings (SSSR count). The summed E-state index contributed by atoms with van der Waals surface area (Å²) in [6.07, 6.45) is -2.53. The summed E-state index contributed by atoms with van der Waals surface area (Å²) in [6.45, 7) is 3.16. The first-order valence-electron chi connectivity index (χ1n) is 11.9. The predicted molar refractivity (Wildman–Crippen MR) is 140 cm³/mol. The molecular formula is C26H27F3N6O5. The molecule has 0 unspecified atom stereocenters. The van der Waals surface area contributed by atoms with Crippen molar-refractivity contribution in [1.82, 2.24) is 14.9 Å². The number of nitrogens with one attached hydrogen (secondary N) is 1. The third-order valence-electron chi connectivity index (χ3n) is 6.07. The Morgan fingerprint density at radius 1 is 1.00 bits per heavy atom. The molecule has 1 aliphatic heterocycles. The van der Waals surface area contributed by atoms with Crippen molar-refractivity contribution in [1.29, 1.82) is 0 Å². The van der Waals surface area contributed by atoms with Gasteiger partial charge >= 0.3 is 18.2 Å². The number of carbonyl (C=O) groups excluding carboxylic acids is 1. The van der Waals surface area contributed by atoms with Gasteiger partial charge in [0.2, 0.25) is 5.95 Å². The molecule has 1 aliphatic rings. The van der Waals surface area contributed by atoms with Gasteiger partial charge in [0.15, 0.2) is 0 Å². The summed E-state index contributed by atoms with van der Waals surface area (Å²) in [4.78, 5) is 45.6. The second-order valence-electron chi connectivity index (χ2n) is 9.13. The minimum atomic E-state index is -5.08. The molecule has 0 spiro atoms. The van der Waals surface area contributed by atoms with Gasteiger partial charge in [-0.3, -0.25) is 9.69 Å². The maximum Gasteiger partial charge on any atom is 0.490 e. The van der Waals surface area contributed by atoms with Gasteiger partial charge in [0.1, 0.15) is 0 Å². The van der Waals surface area contributed by atoms with Crippen LogP contribution in [0.15, 0.2) is 67.0 Å². The molecule has 0 bridgehead atoms. The fraction of sp³-hybridized carbons (Fsp3) is 0.269. The van der Waals surface area contributed by atoms with Gasteiger partial charge in [-0.25, -0.2) is 19.6 Å². The SMILES string of the molecule is C[C@]1(Cc2ccccc2)CN(c2ncc(C(=O)Nc3ccccc3N)cn2)CCN1C(=O)O.O=C(O)C(F)(F)F. The number of carbonyl (C=O) groups is 3. The number of nitrogens with two attached hydrogens (primary N) is 1. The lowest BCUT2D eigenvalue weighted by Gasteiger charge is -2.47. The maximum atomic E-state index is 12.5. The number of aromatic nitrogens is 2. The number of benzene rings is 2. The highest BCUT2D eigenvalue weighted by Crippen LogP contribution is 2.28. The third kappa shape index (κ3) is 7.58. The van der Waals surface area contributed by atoms with Crippen molar-refractivity contribution in [3.8, 4) is 0 Å². The summed E-state index contributed by atoms with van der Waals surface area (Å²) < 4.78 is 31.7. The summed E-state index contributed by atoms with van der Waals surface area (Å²) in [5.74, 6) is -2.66. The van der Waals surface area contributed by atoms with Crippen molar-refractivity contribution < 1.29 is 37.8 Å². The van der Waals surface area contributed by atoms with E-state index in [2.05, 4.69) is 15.3 Å². The van der Waals surface area contributed by atoms with Crippen LogP contribution < -0.4 is 16.0 Å². The van der Waals surface area contributed by atoms with Crippen LogP contribution in [0.1, 0.15) is 22.8 Å². The largest absolute Gasteiger partial charge is 0.490 e. The third-order valence-corrected chi connectivity index (χ3v) is 6.07. The Labute approximate surface area is 227 Å². The van der Waals surface area contributed by atoms with Crippen LogP contribution in [0, 0.1) is 0 Å². The van der Waals surface area contributed by atoms with E-state index in [9.17, 15) is 27.9 Å². The highest BCUT2D eigenvalue weighted by atomic mass is 19.4. The maximum absolute atomic E-state index is 12.5. The van der Waals surface area contributed by atoms with Crippen LogP contribution in [0.5, 0.6) is 0 Å². The molecule has 1 atom stereocenters. The number of nitrogen functional groups attached to an aromatic ring is 1. The number of amides is 2. The molecule has 2 amide bonds. The number of anilines is 3. The Balaban J connectivity index is 0.000000559. The van der Waals surface area contributed by atoms with Crippen LogP contribution in [0.3, 0.4) is 0 Å². The number of carboxylic acids is 1. The van der Waals surface area contributed by atoms with Crippen molar-refractivity contribution in [3.63, 3.8) is 0 Å². The zero-order valence-electron chi connectivity index (χ0n) is 21.3. The van der Waals surface area contributed by atoms with Crippen molar-refractivity contribution in [3.05, 3.63) is 78.1 Å². The predicted octanol–water partition coefficient (Wildman–Crippen LogP) is 3.75. The number of nitrogens with zero attached hydrogens (tertiary/aromatic N) is 4. The molecule has 0 saturated carbocycles. The van der Waals surface area contributed by atoms with Crippen molar-refractivity contribution in [2.45, 2.75) is 25.1 Å². The molecule has 1 saturated heterocycles. The molecule has 1 fully saturated rings. The number of alkyl halides is 3. The van der Waals surface area contributed by atoms with Gasteiger partial charge in [-0.1, -0.05) is 42.5 Å². The minimum absolute atomic E-state index is 0.304. The number of piperazine rings is 1. The van der Waals surface area contributed by atoms with Crippen molar-refractivity contribution >= 4 is 35.3 Å². The van der Waals surface area contributed by atoms with Gasteiger partial charge in [0.25, 0.3) is 5.91 Å². The van der Waals surface area contributed by atoms with E-state index in [1.807, 2.05) is 42.2 Å². The molecule has 0 radical (unpaired) electrons. The quantitative estimate of drug-likeness (QED) is 0.341. The van der Waals surface area contributed by atoms with Gasteiger partial charge in [-0.2, -0.15) is 13.2 Å². The van der Waals surface area contributed by atoms with Crippen LogP contribution in [-0.2, 0) is 11.2 Å². The highest BCUT2D eigenvalue weighted by molar-refractivity contribution is 6.05. The highest BCUT2D eigenvalue weighted by Gasteiger charge is 2.41. The van der Waals surface area contributed by atoms with Gasteiger partial charge in [-0.05, 0) is 31.0 Å². The number of aliphatic carboxylic acids is 1. The summed E-state index contributed by atoms with van der Waals surface area (Å²) >= 11 is 0. The Bertz CT molecular complexity index is 1340. The summed E-state index contributed by atoms with van der Waals surface area (Å²) in [5, 5.41) is 19.6. The van der Waals surface area contributed by atoms with E-state index in [1.54, 1.807) is 24.3 Å². The first-order chi connectivity index (χ1) is 18.8. The van der Waals surface area contributed by atoms with E-state index in [-0.39, 0.29) is 5.91 Å². The van der Waals surface area contributed by atoms with Crippen LogP contribution >= 0.6 is 0 Å². The molecule has 40 heavy (non-hydrogen) atoms. The standard InChI is InChI=1S/C24H26N6O3.C2HF3O2/c1-24(13-17-7-3-2-4-8-17)16-29(11-12-30(24)23(32)33)22-26-14-18(15-27-22)21(31)28-20-10-6-5-9-19(20)25;3-2(4,5)1(6)7/h2-10,14-15H,11-13,16,25H2,1H3,(H,28,31)(H,32,33);(H,6,7)/t24-;/m0./s1. The van der Waals surface area contributed by atoms with Crippen LogP contribution in [-0.4, -0.2) is 74.4 Å². The molecule has 3 aromatic rings. The lowest BCUT2D eigenvalue weighted by Crippen LogP contribution is -2.63. The Morgan fingerprint density at radius 3 is 2.12 bits per heavy atom. The second kappa shape index (κ2) is 12.3. The van der Waals surface area contributed by atoms with Crippen molar-refractivity contribution in [2.75, 3.05) is 35.6 Å². The number of carboxylic acid groups (broad SMARTS) is 2. The van der Waals surface area contributed by atoms with E-state index in [4.69, 9.17) is 15.6 Å². The Hall–Kier alpha value is -4.88. The summed E-state index contributed by atoms with van der Waals surface area (Å²) in [5.41, 5.74) is 7.58. The van der Waals surface area contributed by atoms with Gasteiger partial charge in [0, 0.05) is 32.0 Å². The number of para-hydroxylation sites is 2. The first kappa shape index (κ1) is 29.7. The fourth-order valence-electron chi connectivity index (χ4n) is 4.16. The fourth-order valence-corrected chi connectivity index (χ4v) is 4.16. The van der Waals surface area contributed by atoms with E-state index < -0.39 is 23.8 Å². The zero-order valence-corrected chi connectivity index (χ0v) is 21.3. The Kier molecular flexibility index (Phi) is 9.14. The van der Waals surface area contributed by atoms with Gasteiger partial charge in [0.05, 0.1) is 22.5 Å². The zero-order chi connectivity index (χ0) is 29.5. The van der Waals surface area contributed by atoms with Gasteiger partial charge < -0.3 is 26.2 Å². The van der Waals surface area contributed by atoms with Crippen LogP contribution in [0.25, 0.3) is 0 Å². The molecule has 2 aromatic carbocycles. The van der Waals surface area contributed by atoms with Crippen LogP contribution in [0.4, 0.5) is 35.3 Å². The average Bonchev–Trinajstić information content (AvgIpc) is 2.90. The number of hydrogen-bond acceptors (Lipinski definition) is 7. The normalized spacial score (nSPS) is 16.9. The molecule has 14 heteroatoms. The molecule has 5 N–H and O–H groups in total. The molecule has 212 valence electrons. The number of hydrogen-bond donors (Lipinski definition) is 4. The number of rotatable bonds is 5. The minimum Gasteiger partial charge on any atom is -0.475 e. The number of halogens is 3. The van der Waals surface area contributed by atoms with Crippen LogP contribution in [0.2, 0.25) is 0 Å². The van der Waals surface area contributed by atoms with Crippen molar-refractivity contribution in [2.24, 2.45) is 0 Å². The molecule has 2 heterocycles. The average molecular weight is 561 g/mol. The lowest BCUT2D eigenvalue weighted by atomic mass is 9.88. The smallest absolute Gasteiger partial charge is 0.475 e. The summed E-state index contributed by atoms with van der Waals surface area (Å²) in [6, 6.07) is 16.8. The first-order valence-corrected chi connectivity index (χ1v) is 11.9. The van der Waals surface area contributed by atoms with E-state index >= 15 is 0 Å². The molecule has 1 aromatic heterocycles. The van der Waals surface area contributed by atoms with E-state index in [0.717, 1.165) is 5.56 Å². The molecule has 11 nitrogen and oxygen atoms in total. The van der Waals surface area contributed by atoms with E-state index in [0.29, 0.717) is 48.9 Å². The second-order valence-corrected chi connectivity index (χ2v) is 9.13.